The smallest absolute Gasteiger partial charge is 0.267 e. The number of fused-ring (bicyclic) bond motifs is 1. The zero-order chi connectivity index (χ0) is 23.4. The number of carbonyl (C=O) groups is 2. The van der Waals surface area contributed by atoms with Gasteiger partial charge in [0.15, 0.2) is 12.7 Å². The van der Waals surface area contributed by atoms with Crippen molar-refractivity contribution in [2.75, 3.05) is 56.2 Å². The van der Waals surface area contributed by atoms with Crippen molar-refractivity contribution in [1.29, 1.82) is 0 Å². The Morgan fingerprint density at radius 3 is 2.70 bits per heavy atom. The van der Waals surface area contributed by atoms with E-state index in [-0.39, 0.29) is 18.4 Å². The molecule has 8 nitrogen and oxygen atoms in total. The molecule has 2 aliphatic rings. The molecule has 0 aromatic heterocycles. The first-order valence-corrected chi connectivity index (χ1v) is 11.3. The Morgan fingerprint density at radius 2 is 1.91 bits per heavy atom. The van der Waals surface area contributed by atoms with E-state index in [0.717, 1.165) is 49.7 Å². The number of hydrogen-bond donors (Lipinski definition) is 1. The lowest BCUT2D eigenvalue weighted by atomic mass is 10.1. The fraction of sp³-hybridized carbons (Fsp3) is 0.440. The molecule has 0 spiro atoms. The van der Waals surface area contributed by atoms with Gasteiger partial charge in [0.05, 0.1) is 18.9 Å². The summed E-state index contributed by atoms with van der Waals surface area (Å²) in [7, 11) is 0. The molecule has 33 heavy (non-hydrogen) atoms. The largest absolute Gasteiger partial charge is 0.483 e. The molecule has 1 saturated heterocycles. The minimum absolute atomic E-state index is 0.0607. The summed E-state index contributed by atoms with van der Waals surface area (Å²) < 4.78 is 16.9. The van der Waals surface area contributed by atoms with Crippen LogP contribution in [0.4, 0.5) is 11.4 Å². The van der Waals surface area contributed by atoms with E-state index in [1.807, 2.05) is 38.1 Å². The van der Waals surface area contributed by atoms with Gasteiger partial charge in [-0.15, -0.1) is 0 Å². The summed E-state index contributed by atoms with van der Waals surface area (Å²) in [5.74, 6) is 0.953. The number of nitrogens with zero attached hydrogens (tertiary/aromatic N) is 2. The Labute approximate surface area is 194 Å². The molecular weight excluding hydrogens is 422 g/mol. The highest BCUT2D eigenvalue weighted by Gasteiger charge is 2.32. The maximum Gasteiger partial charge on any atom is 0.267 e. The van der Waals surface area contributed by atoms with Crippen LogP contribution in [0.1, 0.15) is 18.1 Å². The first kappa shape index (κ1) is 23.1. The summed E-state index contributed by atoms with van der Waals surface area (Å²) in [6.45, 7) is 10.1. The van der Waals surface area contributed by atoms with Gasteiger partial charge in [-0.25, -0.2) is 0 Å². The van der Waals surface area contributed by atoms with Gasteiger partial charge in [0, 0.05) is 37.9 Å². The van der Waals surface area contributed by atoms with Crippen molar-refractivity contribution < 1.29 is 23.8 Å². The van der Waals surface area contributed by atoms with Crippen molar-refractivity contribution in [2.45, 2.75) is 26.9 Å². The standard InChI is InChI=1S/C25H31N3O5/c1-17-4-5-18(2)22(14-17)32-16-24(29)26-20-6-7-21-23(15-20)33-19(3)25(30)28(21)9-8-27-10-12-31-13-11-27/h4-7,14-15,19H,8-13,16H2,1-3H3,(H,26,29). The lowest BCUT2D eigenvalue weighted by molar-refractivity contribution is -0.125. The summed E-state index contributed by atoms with van der Waals surface area (Å²) in [5.41, 5.74) is 3.37. The molecule has 1 fully saturated rings. The van der Waals surface area contributed by atoms with Crippen LogP contribution in [0, 0.1) is 13.8 Å². The zero-order valence-corrected chi connectivity index (χ0v) is 19.4. The highest BCUT2D eigenvalue weighted by Crippen LogP contribution is 2.36. The number of morpholine rings is 1. The van der Waals surface area contributed by atoms with E-state index in [1.165, 1.54) is 0 Å². The fourth-order valence-electron chi connectivity index (χ4n) is 3.99. The van der Waals surface area contributed by atoms with E-state index in [1.54, 1.807) is 24.0 Å². The van der Waals surface area contributed by atoms with E-state index in [2.05, 4.69) is 10.2 Å². The van der Waals surface area contributed by atoms with E-state index in [0.29, 0.717) is 23.7 Å². The lowest BCUT2D eigenvalue weighted by Gasteiger charge is -2.35. The monoisotopic (exact) mass is 453 g/mol. The molecule has 2 aromatic carbocycles. The van der Waals surface area contributed by atoms with E-state index in [4.69, 9.17) is 14.2 Å². The van der Waals surface area contributed by atoms with Crippen LogP contribution in [0.5, 0.6) is 11.5 Å². The second-order valence-electron chi connectivity index (χ2n) is 8.49. The second-order valence-corrected chi connectivity index (χ2v) is 8.49. The van der Waals surface area contributed by atoms with Crippen LogP contribution in [0.25, 0.3) is 0 Å². The molecule has 2 amide bonds. The molecule has 2 aromatic rings. The molecule has 1 N–H and O–H groups in total. The third kappa shape index (κ3) is 5.64. The van der Waals surface area contributed by atoms with Crippen molar-refractivity contribution in [3.8, 4) is 11.5 Å². The van der Waals surface area contributed by atoms with Crippen molar-refractivity contribution in [3.63, 3.8) is 0 Å². The minimum Gasteiger partial charge on any atom is -0.483 e. The molecule has 2 heterocycles. The van der Waals surface area contributed by atoms with Crippen LogP contribution in [0.3, 0.4) is 0 Å². The number of hydrogen-bond acceptors (Lipinski definition) is 6. The Kier molecular flexibility index (Phi) is 7.15. The van der Waals surface area contributed by atoms with Crippen LogP contribution in [0.2, 0.25) is 0 Å². The third-order valence-electron chi connectivity index (χ3n) is 5.90. The van der Waals surface area contributed by atoms with Crippen molar-refractivity contribution in [3.05, 3.63) is 47.5 Å². The molecule has 8 heteroatoms. The Hall–Kier alpha value is -3.10. The van der Waals surface area contributed by atoms with Gasteiger partial charge in [0.1, 0.15) is 11.5 Å². The molecule has 176 valence electrons. The number of rotatable bonds is 7. The molecule has 1 atom stereocenters. The van der Waals surface area contributed by atoms with E-state index < -0.39 is 6.10 Å². The average molecular weight is 454 g/mol. The van der Waals surface area contributed by atoms with Crippen molar-refractivity contribution in [2.24, 2.45) is 0 Å². The number of anilines is 2. The maximum atomic E-state index is 12.8. The molecule has 0 radical (unpaired) electrons. The summed E-state index contributed by atoms with van der Waals surface area (Å²) in [6, 6.07) is 11.2. The number of amides is 2. The van der Waals surface area contributed by atoms with Crippen molar-refractivity contribution >= 4 is 23.2 Å². The van der Waals surface area contributed by atoms with Crippen LogP contribution in [0.15, 0.2) is 36.4 Å². The molecule has 0 saturated carbocycles. The molecule has 0 aliphatic carbocycles. The highest BCUT2D eigenvalue weighted by molar-refractivity contribution is 6.00. The van der Waals surface area contributed by atoms with Gasteiger partial charge < -0.3 is 24.4 Å². The Morgan fingerprint density at radius 1 is 1.12 bits per heavy atom. The molecular formula is C25H31N3O5. The summed E-state index contributed by atoms with van der Waals surface area (Å²) in [5, 5.41) is 2.85. The first-order valence-electron chi connectivity index (χ1n) is 11.3. The second kappa shape index (κ2) is 10.2. The molecule has 1 unspecified atom stereocenters. The minimum atomic E-state index is -0.583. The predicted molar refractivity (Wildman–Crippen MR) is 126 cm³/mol. The first-order chi connectivity index (χ1) is 15.9. The average Bonchev–Trinajstić information content (AvgIpc) is 2.80. The zero-order valence-electron chi connectivity index (χ0n) is 19.4. The van der Waals surface area contributed by atoms with Crippen LogP contribution >= 0.6 is 0 Å². The van der Waals surface area contributed by atoms with E-state index in [9.17, 15) is 9.59 Å². The SMILES string of the molecule is Cc1ccc(C)c(OCC(=O)Nc2ccc3c(c2)OC(C)C(=O)N3CCN2CCOCC2)c1. The molecule has 2 aliphatic heterocycles. The maximum absolute atomic E-state index is 12.8. The number of ether oxygens (including phenoxy) is 3. The van der Waals surface area contributed by atoms with Gasteiger partial charge >= 0.3 is 0 Å². The van der Waals surface area contributed by atoms with Crippen LogP contribution in [-0.4, -0.2) is 68.8 Å². The number of carbonyl (C=O) groups excluding carboxylic acids is 2. The highest BCUT2D eigenvalue weighted by atomic mass is 16.5. The van der Waals surface area contributed by atoms with Crippen LogP contribution < -0.4 is 19.7 Å². The molecule has 0 bridgehead atoms. The Balaban J connectivity index is 1.40. The Bertz CT molecular complexity index is 1020. The van der Waals surface area contributed by atoms with Gasteiger partial charge in [-0.1, -0.05) is 12.1 Å². The van der Waals surface area contributed by atoms with Gasteiger partial charge in [0.25, 0.3) is 11.8 Å². The normalized spacial score (nSPS) is 18.5. The van der Waals surface area contributed by atoms with Gasteiger partial charge in [-0.3, -0.25) is 14.5 Å². The fourth-order valence-corrected chi connectivity index (χ4v) is 3.99. The molecule has 4 rings (SSSR count). The van der Waals surface area contributed by atoms with Crippen LogP contribution in [-0.2, 0) is 14.3 Å². The lowest BCUT2D eigenvalue weighted by Crippen LogP contribution is -2.48. The van der Waals surface area contributed by atoms with Gasteiger partial charge in [-0.2, -0.15) is 0 Å². The number of aryl methyl sites for hydroxylation is 2. The summed E-state index contributed by atoms with van der Waals surface area (Å²) >= 11 is 0. The van der Waals surface area contributed by atoms with Crippen molar-refractivity contribution in [1.82, 2.24) is 4.90 Å². The summed E-state index contributed by atoms with van der Waals surface area (Å²) in [4.78, 5) is 29.3. The quantitative estimate of drug-likeness (QED) is 0.695. The third-order valence-corrected chi connectivity index (χ3v) is 5.90. The number of benzene rings is 2. The van der Waals surface area contributed by atoms with Gasteiger partial charge in [-0.05, 0) is 50.1 Å². The topological polar surface area (TPSA) is 80.3 Å². The van der Waals surface area contributed by atoms with E-state index >= 15 is 0 Å². The van der Waals surface area contributed by atoms with Gasteiger partial charge in [0.2, 0.25) is 0 Å². The number of nitrogens with one attached hydrogen (secondary N) is 1. The predicted octanol–water partition coefficient (Wildman–Crippen LogP) is 2.77. The summed E-state index contributed by atoms with van der Waals surface area (Å²) in [6.07, 6.45) is -0.583.